The second-order valence-electron chi connectivity index (χ2n) is 13.0. The summed E-state index contributed by atoms with van der Waals surface area (Å²) in [6.07, 6.45) is 2.04. The van der Waals surface area contributed by atoms with Gasteiger partial charge < -0.3 is 14.0 Å². The Morgan fingerprint density at radius 1 is 0.958 bits per heavy atom. The first kappa shape index (κ1) is 35.0. The minimum atomic E-state index is -3.86. The highest BCUT2D eigenvalue weighted by Crippen LogP contribution is 2.33. The number of aromatic nitrogens is 2. The number of benzene rings is 4. The maximum absolute atomic E-state index is 13.9. The number of para-hydroxylation sites is 1. The van der Waals surface area contributed by atoms with Crippen molar-refractivity contribution in [2.45, 2.75) is 83.9 Å². The first-order chi connectivity index (χ1) is 22.8. The molecule has 0 saturated heterocycles. The zero-order valence-corrected chi connectivity index (χ0v) is 29.8. The first-order valence-electron chi connectivity index (χ1n) is 16.1. The van der Waals surface area contributed by atoms with Crippen LogP contribution in [0.5, 0.6) is 5.75 Å². The van der Waals surface area contributed by atoms with Crippen LogP contribution in [0.1, 0.15) is 65.8 Å². The second kappa shape index (κ2) is 14.4. The summed E-state index contributed by atoms with van der Waals surface area (Å²) in [5.74, 6) is 1.36. The zero-order valence-electron chi connectivity index (χ0n) is 28.2. The van der Waals surface area contributed by atoms with Crippen molar-refractivity contribution in [2.24, 2.45) is 0 Å². The topological polar surface area (TPSA) is 90.7 Å². The largest absolute Gasteiger partial charge is 0.514 e. The monoisotopic (exact) mass is 687 g/mol. The summed E-state index contributed by atoms with van der Waals surface area (Å²) >= 11 is 6.05. The Labute approximate surface area is 288 Å². The van der Waals surface area contributed by atoms with Crippen LogP contribution < -0.4 is 9.04 Å². The van der Waals surface area contributed by atoms with E-state index in [1.54, 1.807) is 39.0 Å². The maximum Gasteiger partial charge on any atom is 0.514 e. The van der Waals surface area contributed by atoms with E-state index in [1.807, 2.05) is 74.5 Å². The number of nitrogens with zero attached hydrogens (tertiary/aromatic N) is 3. The van der Waals surface area contributed by atoms with Crippen LogP contribution in [-0.4, -0.2) is 35.8 Å². The fourth-order valence-electron chi connectivity index (χ4n) is 5.56. The number of rotatable bonds is 11. The Kier molecular flexibility index (Phi) is 10.5. The lowest BCUT2D eigenvalue weighted by atomic mass is 10.0. The lowest BCUT2D eigenvalue weighted by Gasteiger charge is -2.28. The fraction of sp³-hybridized carbons (Fsp3) is 0.316. The molecular formula is C38H42ClN3O5S. The van der Waals surface area contributed by atoms with Crippen LogP contribution in [0.2, 0.25) is 5.02 Å². The van der Waals surface area contributed by atoms with Crippen molar-refractivity contribution in [1.82, 2.24) is 9.55 Å². The van der Waals surface area contributed by atoms with Gasteiger partial charge in [0.15, 0.2) is 0 Å². The number of hydrogen-bond donors (Lipinski definition) is 0. The Bertz CT molecular complexity index is 2000. The molecule has 0 spiro atoms. The quantitative estimate of drug-likeness (QED) is 0.101. The maximum atomic E-state index is 13.9. The molecule has 0 unspecified atom stereocenters. The Balaban J connectivity index is 1.49. The molecule has 0 aliphatic heterocycles. The molecule has 5 aromatic rings. The van der Waals surface area contributed by atoms with Crippen LogP contribution in [0, 0.1) is 0 Å². The van der Waals surface area contributed by atoms with Gasteiger partial charge in [-0.2, -0.15) is 0 Å². The van der Waals surface area contributed by atoms with Gasteiger partial charge in [-0.15, -0.1) is 0 Å². The summed E-state index contributed by atoms with van der Waals surface area (Å²) in [7, 11) is -3.86. The first-order valence-corrected chi connectivity index (χ1v) is 18.0. The number of hydrogen-bond acceptors (Lipinski definition) is 6. The number of imidazole rings is 1. The summed E-state index contributed by atoms with van der Waals surface area (Å²) in [5.41, 5.74) is 4.26. The number of halogens is 1. The van der Waals surface area contributed by atoms with E-state index in [-0.39, 0.29) is 10.9 Å². The van der Waals surface area contributed by atoms with Gasteiger partial charge >= 0.3 is 6.16 Å². The van der Waals surface area contributed by atoms with Gasteiger partial charge in [0.1, 0.15) is 17.2 Å². The van der Waals surface area contributed by atoms with Gasteiger partial charge in [0.05, 0.1) is 21.6 Å². The molecule has 1 aromatic heterocycles. The van der Waals surface area contributed by atoms with E-state index in [1.165, 1.54) is 16.4 Å². The molecule has 8 nitrogen and oxygen atoms in total. The summed E-state index contributed by atoms with van der Waals surface area (Å²) in [6, 6.07) is 27.0. The molecule has 252 valence electrons. The summed E-state index contributed by atoms with van der Waals surface area (Å²) in [6.45, 7) is 11.8. The van der Waals surface area contributed by atoms with Gasteiger partial charge in [-0.1, -0.05) is 67.4 Å². The third kappa shape index (κ3) is 8.02. The van der Waals surface area contributed by atoms with Crippen LogP contribution in [0.3, 0.4) is 0 Å². The molecule has 48 heavy (non-hydrogen) atoms. The molecule has 10 heteroatoms. The third-order valence-corrected chi connectivity index (χ3v) is 10.0. The van der Waals surface area contributed by atoms with Crippen molar-refractivity contribution < 1.29 is 22.7 Å². The summed E-state index contributed by atoms with van der Waals surface area (Å²) < 4.78 is 42.3. The lowest BCUT2D eigenvalue weighted by molar-refractivity contribution is 0.0207. The van der Waals surface area contributed by atoms with Crippen LogP contribution in [0.25, 0.3) is 22.2 Å². The molecule has 0 N–H and O–H groups in total. The molecule has 5 rings (SSSR count). The number of carbonyl (C=O) groups excluding carboxylic acids is 1. The highest BCUT2D eigenvalue weighted by atomic mass is 35.5. The molecular weight excluding hydrogens is 646 g/mol. The average molecular weight is 688 g/mol. The summed E-state index contributed by atoms with van der Waals surface area (Å²) in [4.78, 5) is 17.6. The SMILES string of the molecule is CCCCc1nc2ccc(N(C(C)C)S(=O)(=O)c3ccc(Cl)cc3)cc2n1Cc1ccc(-c2ccccc2OC(=O)OC(C)(C)C)cc1. The van der Waals surface area contributed by atoms with Gasteiger partial charge in [0, 0.05) is 29.6 Å². The lowest BCUT2D eigenvalue weighted by Crippen LogP contribution is -2.37. The van der Waals surface area contributed by atoms with E-state index in [0.717, 1.165) is 52.8 Å². The van der Waals surface area contributed by atoms with Crippen LogP contribution in [0.15, 0.2) is 95.9 Å². The number of fused-ring (bicyclic) bond motifs is 1. The smallest absolute Gasteiger partial charge is 0.428 e. The standard InChI is InChI=1S/C38H42ClN3O5S/c1-7-8-13-36-40-33-23-20-30(42(26(2)3)48(44,45)31-21-18-29(39)19-22-31)24-34(33)41(36)25-27-14-16-28(17-15-27)32-11-9-10-12-35(32)46-37(43)47-38(4,5)6/h9-12,14-24,26H,7-8,13,25H2,1-6H3. The van der Waals surface area contributed by atoms with E-state index in [4.69, 9.17) is 26.1 Å². The predicted octanol–water partition coefficient (Wildman–Crippen LogP) is 9.67. The van der Waals surface area contributed by atoms with E-state index >= 15 is 0 Å². The van der Waals surface area contributed by atoms with Gasteiger partial charge in [-0.3, -0.25) is 4.31 Å². The molecule has 4 aromatic carbocycles. The molecule has 0 aliphatic carbocycles. The van der Waals surface area contributed by atoms with Crippen molar-refractivity contribution in [3.05, 3.63) is 107 Å². The second-order valence-corrected chi connectivity index (χ2v) is 15.3. The molecule has 0 radical (unpaired) electrons. The Morgan fingerprint density at radius 2 is 1.65 bits per heavy atom. The molecule has 0 atom stereocenters. The normalized spacial score (nSPS) is 12.0. The van der Waals surface area contributed by atoms with Crippen molar-refractivity contribution >= 4 is 44.5 Å². The van der Waals surface area contributed by atoms with Crippen molar-refractivity contribution in [3.63, 3.8) is 0 Å². The highest BCUT2D eigenvalue weighted by molar-refractivity contribution is 7.92. The number of ether oxygens (including phenoxy) is 2. The zero-order chi connectivity index (χ0) is 34.6. The van der Waals surface area contributed by atoms with Gasteiger partial charge in [-0.25, -0.2) is 18.2 Å². The van der Waals surface area contributed by atoms with Gasteiger partial charge in [-0.05, 0) is 101 Å². The van der Waals surface area contributed by atoms with Crippen LogP contribution in [-0.2, 0) is 27.7 Å². The molecule has 0 bridgehead atoms. The van der Waals surface area contributed by atoms with Crippen molar-refractivity contribution in [3.8, 4) is 16.9 Å². The van der Waals surface area contributed by atoms with E-state index in [9.17, 15) is 13.2 Å². The molecule has 0 fully saturated rings. The number of carbonyl (C=O) groups is 1. The number of aryl methyl sites for hydroxylation is 1. The van der Waals surface area contributed by atoms with E-state index in [2.05, 4.69) is 11.5 Å². The third-order valence-electron chi connectivity index (χ3n) is 7.73. The molecule has 0 amide bonds. The van der Waals surface area contributed by atoms with E-state index < -0.39 is 21.8 Å². The predicted molar refractivity (Wildman–Crippen MR) is 192 cm³/mol. The number of sulfonamides is 1. The number of unbranched alkanes of at least 4 members (excludes halogenated alkanes) is 1. The average Bonchev–Trinajstić information content (AvgIpc) is 3.36. The van der Waals surface area contributed by atoms with Gasteiger partial charge in [0.2, 0.25) is 0 Å². The summed E-state index contributed by atoms with van der Waals surface area (Å²) in [5, 5.41) is 0.473. The minimum absolute atomic E-state index is 0.177. The van der Waals surface area contributed by atoms with Gasteiger partial charge in [0.25, 0.3) is 10.0 Å². The minimum Gasteiger partial charge on any atom is -0.428 e. The fourth-order valence-corrected chi connectivity index (χ4v) is 7.34. The molecule has 0 saturated carbocycles. The molecule has 0 aliphatic rings. The highest BCUT2D eigenvalue weighted by Gasteiger charge is 2.28. The Morgan fingerprint density at radius 3 is 2.29 bits per heavy atom. The van der Waals surface area contributed by atoms with Crippen molar-refractivity contribution in [2.75, 3.05) is 4.31 Å². The number of anilines is 1. The Hall–Kier alpha value is -4.34. The van der Waals surface area contributed by atoms with Crippen molar-refractivity contribution in [1.29, 1.82) is 0 Å². The van der Waals surface area contributed by atoms with Crippen LogP contribution in [0.4, 0.5) is 10.5 Å². The van der Waals surface area contributed by atoms with Crippen LogP contribution >= 0.6 is 11.6 Å². The molecule has 1 heterocycles. The van der Waals surface area contributed by atoms with E-state index in [0.29, 0.717) is 23.0 Å².